The summed E-state index contributed by atoms with van der Waals surface area (Å²) in [6.45, 7) is 0.934. The van der Waals surface area contributed by atoms with Crippen LogP contribution in [-0.4, -0.2) is 17.4 Å². The third-order valence-corrected chi connectivity index (χ3v) is 3.32. The van der Waals surface area contributed by atoms with E-state index in [1.54, 1.807) is 0 Å². The highest BCUT2D eigenvalue weighted by Gasteiger charge is 2.13. The lowest BCUT2D eigenvalue weighted by Gasteiger charge is -2.18. The van der Waals surface area contributed by atoms with Gasteiger partial charge < -0.3 is 10.6 Å². The summed E-state index contributed by atoms with van der Waals surface area (Å²) in [6.07, 6.45) is 4.58. The molecule has 0 atom stereocenters. The van der Waals surface area contributed by atoms with Crippen LogP contribution in [0, 0.1) is 5.82 Å². The smallest absolute Gasteiger partial charge is 0.258 e. The maximum atomic E-state index is 13.5. The largest absolute Gasteiger partial charge is 0.385 e. The van der Waals surface area contributed by atoms with E-state index in [1.165, 1.54) is 17.8 Å². The number of hydrogen-bond acceptors (Lipinski definition) is 3. The summed E-state index contributed by atoms with van der Waals surface area (Å²) in [6, 6.07) is 7.07. The maximum Gasteiger partial charge on any atom is 0.258 e. The molecule has 102 valence electrons. The third kappa shape index (κ3) is 2.47. The van der Waals surface area contributed by atoms with Crippen LogP contribution in [0.25, 0.3) is 0 Å². The van der Waals surface area contributed by atoms with Gasteiger partial charge in [0, 0.05) is 24.1 Å². The van der Waals surface area contributed by atoms with Crippen LogP contribution in [0.4, 0.5) is 15.8 Å². The fourth-order valence-electron chi connectivity index (χ4n) is 2.30. The van der Waals surface area contributed by atoms with Crippen LogP contribution in [0.2, 0.25) is 0 Å². The van der Waals surface area contributed by atoms with Gasteiger partial charge in [-0.25, -0.2) is 4.39 Å². The standard InChI is InChI=1S/C15H14FN3O/c16-13-9-17-7-5-12(13)15(20)19-11-4-3-10-2-1-6-18-14(10)8-11/h3-5,7-9,18H,1-2,6H2,(H,19,20). The number of carbonyl (C=O) groups is 1. The quantitative estimate of drug-likeness (QED) is 0.883. The van der Waals surface area contributed by atoms with Gasteiger partial charge in [-0.05, 0) is 36.6 Å². The molecule has 0 bridgehead atoms. The van der Waals surface area contributed by atoms with Gasteiger partial charge in [-0.15, -0.1) is 0 Å². The van der Waals surface area contributed by atoms with Gasteiger partial charge >= 0.3 is 0 Å². The molecule has 0 radical (unpaired) electrons. The van der Waals surface area contributed by atoms with E-state index < -0.39 is 11.7 Å². The summed E-state index contributed by atoms with van der Waals surface area (Å²) in [5.41, 5.74) is 2.92. The molecule has 3 rings (SSSR count). The fourth-order valence-corrected chi connectivity index (χ4v) is 2.30. The molecule has 5 heteroatoms. The van der Waals surface area contributed by atoms with Crippen LogP contribution in [-0.2, 0) is 6.42 Å². The van der Waals surface area contributed by atoms with E-state index in [2.05, 4.69) is 15.6 Å². The van der Waals surface area contributed by atoms with E-state index in [1.807, 2.05) is 18.2 Å². The molecule has 2 heterocycles. The van der Waals surface area contributed by atoms with Crippen LogP contribution in [0.15, 0.2) is 36.7 Å². The van der Waals surface area contributed by atoms with Crippen molar-refractivity contribution in [2.45, 2.75) is 12.8 Å². The topological polar surface area (TPSA) is 54.0 Å². The number of rotatable bonds is 2. The number of aryl methyl sites for hydroxylation is 1. The molecule has 0 saturated carbocycles. The molecule has 2 aromatic rings. The number of hydrogen-bond donors (Lipinski definition) is 2. The van der Waals surface area contributed by atoms with Gasteiger partial charge in [0.25, 0.3) is 5.91 Å². The first-order chi connectivity index (χ1) is 9.74. The molecule has 0 fully saturated rings. The maximum absolute atomic E-state index is 13.5. The normalized spacial score (nSPS) is 13.2. The number of nitrogens with one attached hydrogen (secondary N) is 2. The zero-order valence-corrected chi connectivity index (χ0v) is 10.8. The molecular weight excluding hydrogens is 257 g/mol. The summed E-state index contributed by atoms with van der Waals surface area (Å²) >= 11 is 0. The Morgan fingerprint density at radius 3 is 3.10 bits per heavy atom. The number of nitrogens with zero attached hydrogens (tertiary/aromatic N) is 1. The highest BCUT2D eigenvalue weighted by molar-refractivity contribution is 6.04. The minimum Gasteiger partial charge on any atom is -0.385 e. The van der Waals surface area contributed by atoms with Gasteiger partial charge in [0.15, 0.2) is 5.82 Å². The number of fused-ring (bicyclic) bond motifs is 1. The number of benzene rings is 1. The van der Waals surface area contributed by atoms with Crippen LogP contribution in [0.5, 0.6) is 0 Å². The Morgan fingerprint density at radius 1 is 1.35 bits per heavy atom. The molecule has 1 aromatic heterocycles. The number of pyridine rings is 1. The van der Waals surface area contributed by atoms with E-state index in [0.29, 0.717) is 5.69 Å². The van der Waals surface area contributed by atoms with E-state index in [4.69, 9.17) is 0 Å². The van der Waals surface area contributed by atoms with Crippen LogP contribution in [0.1, 0.15) is 22.3 Å². The van der Waals surface area contributed by atoms with Crippen LogP contribution in [0.3, 0.4) is 0 Å². The Labute approximate surface area is 116 Å². The molecule has 0 saturated heterocycles. The average molecular weight is 271 g/mol. The predicted octanol–water partition coefficient (Wildman–Crippen LogP) is 2.83. The zero-order valence-electron chi connectivity index (χ0n) is 10.8. The van der Waals surface area contributed by atoms with Gasteiger partial charge in [-0.2, -0.15) is 0 Å². The van der Waals surface area contributed by atoms with E-state index in [0.717, 1.165) is 31.3 Å². The minimum atomic E-state index is -0.624. The summed E-state index contributed by atoms with van der Waals surface area (Å²) in [5, 5.41) is 5.99. The number of amides is 1. The average Bonchev–Trinajstić information content (AvgIpc) is 2.47. The van der Waals surface area contributed by atoms with Gasteiger partial charge in [-0.3, -0.25) is 9.78 Å². The summed E-state index contributed by atoms with van der Waals surface area (Å²) in [7, 11) is 0. The minimum absolute atomic E-state index is 0.00863. The fraction of sp³-hybridized carbons (Fsp3) is 0.200. The first-order valence-electron chi connectivity index (χ1n) is 6.52. The summed E-state index contributed by atoms with van der Waals surface area (Å²) < 4.78 is 13.5. The number of anilines is 2. The van der Waals surface area contributed by atoms with Crippen molar-refractivity contribution in [3.05, 3.63) is 53.6 Å². The number of carbonyl (C=O) groups excluding carboxylic acids is 1. The highest BCUT2D eigenvalue weighted by atomic mass is 19.1. The van der Waals surface area contributed by atoms with Crippen molar-refractivity contribution in [3.8, 4) is 0 Å². The molecule has 0 aliphatic carbocycles. The van der Waals surface area contributed by atoms with Crippen molar-refractivity contribution in [1.82, 2.24) is 4.98 Å². The van der Waals surface area contributed by atoms with Crippen molar-refractivity contribution >= 4 is 17.3 Å². The second kappa shape index (κ2) is 5.28. The Bertz CT molecular complexity index is 657. The third-order valence-electron chi connectivity index (χ3n) is 3.32. The zero-order chi connectivity index (χ0) is 13.9. The van der Waals surface area contributed by atoms with Crippen LogP contribution < -0.4 is 10.6 Å². The van der Waals surface area contributed by atoms with Crippen LogP contribution >= 0.6 is 0 Å². The highest BCUT2D eigenvalue weighted by Crippen LogP contribution is 2.25. The molecule has 4 nitrogen and oxygen atoms in total. The first kappa shape index (κ1) is 12.6. The monoisotopic (exact) mass is 271 g/mol. The van der Waals surface area contributed by atoms with Crippen molar-refractivity contribution in [2.24, 2.45) is 0 Å². The molecule has 1 aliphatic rings. The molecule has 1 amide bonds. The van der Waals surface area contributed by atoms with Crippen molar-refractivity contribution in [3.63, 3.8) is 0 Å². The summed E-state index contributed by atoms with van der Waals surface area (Å²) in [5.74, 6) is -1.10. The van der Waals surface area contributed by atoms with E-state index >= 15 is 0 Å². The van der Waals surface area contributed by atoms with Crippen molar-refractivity contribution in [2.75, 3.05) is 17.2 Å². The molecule has 1 aromatic carbocycles. The van der Waals surface area contributed by atoms with Crippen molar-refractivity contribution in [1.29, 1.82) is 0 Å². The van der Waals surface area contributed by atoms with Gasteiger partial charge in [0.05, 0.1) is 11.8 Å². The first-order valence-corrected chi connectivity index (χ1v) is 6.52. The molecule has 1 aliphatic heterocycles. The Kier molecular flexibility index (Phi) is 3.33. The van der Waals surface area contributed by atoms with Gasteiger partial charge in [0.2, 0.25) is 0 Å². The second-order valence-electron chi connectivity index (χ2n) is 4.71. The Hall–Kier alpha value is -2.43. The molecule has 0 unspecified atom stereocenters. The molecular formula is C15H14FN3O. The molecule has 2 N–H and O–H groups in total. The predicted molar refractivity (Wildman–Crippen MR) is 75.4 cm³/mol. The second-order valence-corrected chi connectivity index (χ2v) is 4.71. The van der Waals surface area contributed by atoms with Crippen molar-refractivity contribution < 1.29 is 9.18 Å². The Morgan fingerprint density at radius 2 is 2.25 bits per heavy atom. The molecule has 0 spiro atoms. The number of aromatic nitrogens is 1. The molecule has 20 heavy (non-hydrogen) atoms. The Balaban J connectivity index is 1.81. The SMILES string of the molecule is O=C(Nc1ccc2c(c1)NCCC2)c1ccncc1F. The van der Waals surface area contributed by atoms with E-state index in [9.17, 15) is 9.18 Å². The summed E-state index contributed by atoms with van der Waals surface area (Å²) in [4.78, 5) is 15.6. The lowest BCUT2D eigenvalue weighted by molar-refractivity contribution is 0.102. The van der Waals surface area contributed by atoms with E-state index in [-0.39, 0.29) is 5.56 Å². The van der Waals surface area contributed by atoms with Gasteiger partial charge in [0.1, 0.15) is 0 Å². The van der Waals surface area contributed by atoms with Gasteiger partial charge in [-0.1, -0.05) is 6.07 Å². The lowest BCUT2D eigenvalue weighted by atomic mass is 10.0. The number of halogens is 1. The lowest BCUT2D eigenvalue weighted by Crippen LogP contribution is -2.15.